The van der Waals surface area contributed by atoms with Crippen LogP contribution in [-0.4, -0.2) is 51.7 Å². The number of carbonyl (C=O) groups excluding carboxylic acids is 1. The van der Waals surface area contributed by atoms with E-state index in [1.54, 1.807) is 18.5 Å². The minimum Gasteiger partial charge on any atom is -0.375 e. The summed E-state index contributed by atoms with van der Waals surface area (Å²) in [7, 11) is 0. The Labute approximate surface area is 173 Å². The molecule has 0 bridgehead atoms. The van der Waals surface area contributed by atoms with E-state index in [-0.39, 0.29) is 18.0 Å². The summed E-state index contributed by atoms with van der Waals surface area (Å²) in [6, 6.07) is 0. The Morgan fingerprint density at radius 2 is 1.83 bits per heavy atom. The van der Waals surface area contributed by atoms with Gasteiger partial charge in [-0.1, -0.05) is 6.08 Å². The maximum atomic E-state index is 11.6. The van der Waals surface area contributed by atoms with Crippen molar-refractivity contribution in [2.75, 3.05) is 19.8 Å². The average Bonchev–Trinajstić information content (AvgIpc) is 3.15. The number of ketones is 1. The maximum absolute atomic E-state index is 11.6. The molecule has 1 aromatic rings. The molecule has 0 radical (unpaired) electrons. The largest absolute Gasteiger partial charge is 0.375 e. The Morgan fingerprint density at radius 3 is 2.52 bits per heavy atom. The van der Waals surface area contributed by atoms with Gasteiger partial charge in [0, 0.05) is 30.7 Å². The Morgan fingerprint density at radius 1 is 1.14 bits per heavy atom. The van der Waals surface area contributed by atoms with Gasteiger partial charge in [-0.15, -0.1) is 5.53 Å². The maximum Gasteiger partial charge on any atom is 0.180 e. The number of nitrogens with zero attached hydrogens (tertiary/aromatic N) is 3. The number of aromatic nitrogens is 2. The highest BCUT2D eigenvalue weighted by Crippen LogP contribution is 2.21. The predicted octanol–water partition coefficient (Wildman–Crippen LogP) is 2.62. The first kappa shape index (κ1) is 23.0. The molecular formula is C21H33N5O3. The fraction of sp³-hybridized carbons (Fsp3) is 0.571. The van der Waals surface area contributed by atoms with E-state index < -0.39 is 5.60 Å². The topological polar surface area (TPSA) is 88.6 Å². The lowest BCUT2D eigenvalue weighted by Crippen LogP contribution is -2.40. The Balaban J connectivity index is 1.72. The second-order valence-electron chi connectivity index (χ2n) is 8.22. The quantitative estimate of drug-likeness (QED) is 0.515. The van der Waals surface area contributed by atoms with E-state index in [1.165, 1.54) is 12.4 Å². The number of hydrogen-bond acceptors (Lipinski definition) is 8. The molecule has 0 saturated carbocycles. The minimum absolute atomic E-state index is 0.0250. The van der Waals surface area contributed by atoms with Gasteiger partial charge in [0.05, 0.1) is 23.5 Å². The molecule has 8 heteroatoms. The molecule has 29 heavy (non-hydrogen) atoms. The van der Waals surface area contributed by atoms with Crippen LogP contribution in [0.15, 0.2) is 37.1 Å². The Bertz CT molecular complexity index is 716. The van der Waals surface area contributed by atoms with E-state index >= 15 is 0 Å². The van der Waals surface area contributed by atoms with Crippen LogP contribution in [0.2, 0.25) is 0 Å². The minimum atomic E-state index is -0.414. The molecule has 2 rings (SSSR count). The van der Waals surface area contributed by atoms with Crippen molar-refractivity contribution in [3.05, 3.63) is 42.6 Å². The van der Waals surface area contributed by atoms with Crippen LogP contribution in [0, 0.1) is 0 Å². The lowest BCUT2D eigenvalue weighted by atomic mass is 10.0. The van der Waals surface area contributed by atoms with Gasteiger partial charge in [-0.25, -0.2) is 9.97 Å². The Kier molecular flexibility index (Phi) is 8.31. The van der Waals surface area contributed by atoms with Crippen molar-refractivity contribution in [2.24, 2.45) is 0 Å². The van der Waals surface area contributed by atoms with Crippen molar-refractivity contribution in [2.45, 2.75) is 58.7 Å². The SMILES string of the molecule is C/C=C/C(=O)COC(C)(C)CCOC(C)(C)CCN1C=C(c2cncnc2)NN1. The van der Waals surface area contributed by atoms with Crippen LogP contribution in [0.5, 0.6) is 0 Å². The van der Waals surface area contributed by atoms with Gasteiger partial charge in [0.1, 0.15) is 12.9 Å². The highest BCUT2D eigenvalue weighted by Gasteiger charge is 2.24. The standard InChI is InChI=1S/C21H33N5O3/c1-6-7-18(27)15-29-21(4,5)9-11-28-20(2,3)8-10-26-14-19(24-25-26)17-12-22-16-23-13-17/h6-7,12-14,16,24-25H,8-11,15H2,1-5H3/b7-6+. The van der Waals surface area contributed by atoms with Gasteiger partial charge in [-0.2, -0.15) is 0 Å². The third-order valence-corrected chi connectivity index (χ3v) is 4.60. The number of ether oxygens (including phenoxy) is 2. The van der Waals surface area contributed by atoms with E-state index in [4.69, 9.17) is 9.47 Å². The monoisotopic (exact) mass is 403 g/mol. The summed E-state index contributed by atoms with van der Waals surface area (Å²) in [4.78, 5) is 19.6. The highest BCUT2D eigenvalue weighted by atomic mass is 16.5. The predicted molar refractivity (Wildman–Crippen MR) is 112 cm³/mol. The zero-order valence-electron chi connectivity index (χ0n) is 18.1. The molecule has 1 aliphatic heterocycles. The fourth-order valence-corrected chi connectivity index (χ4v) is 2.67. The van der Waals surface area contributed by atoms with Crippen LogP contribution in [-0.2, 0) is 14.3 Å². The van der Waals surface area contributed by atoms with Crippen molar-refractivity contribution >= 4 is 11.5 Å². The molecule has 1 aliphatic rings. The number of rotatable bonds is 12. The molecule has 2 N–H and O–H groups in total. The normalized spacial score (nSPS) is 14.9. The van der Waals surface area contributed by atoms with E-state index in [1.807, 2.05) is 32.0 Å². The lowest BCUT2D eigenvalue weighted by Gasteiger charge is -2.30. The number of nitrogens with one attached hydrogen (secondary N) is 2. The third-order valence-electron chi connectivity index (χ3n) is 4.60. The number of hydrogen-bond donors (Lipinski definition) is 2. The van der Waals surface area contributed by atoms with Gasteiger partial charge in [-0.3, -0.25) is 9.80 Å². The zero-order valence-corrected chi connectivity index (χ0v) is 18.1. The first-order valence-corrected chi connectivity index (χ1v) is 9.90. The molecule has 2 heterocycles. The smallest absolute Gasteiger partial charge is 0.180 e. The van der Waals surface area contributed by atoms with Crippen molar-refractivity contribution in [1.82, 2.24) is 25.9 Å². The Hall–Kier alpha value is -2.29. The summed E-state index contributed by atoms with van der Waals surface area (Å²) in [5.74, 6) is -0.0250. The van der Waals surface area contributed by atoms with Crippen LogP contribution in [0.1, 0.15) is 53.0 Å². The molecule has 0 saturated heterocycles. The summed E-state index contributed by atoms with van der Waals surface area (Å²) in [6.45, 7) is 11.4. The van der Waals surface area contributed by atoms with Gasteiger partial charge in [-0.05, 0) is 53.5 Å². The summed E-state index contributed by atoms with van der Waals surface area (Å²) in [5.41, 5.74) is 7.39. The zero-order chi connectivity index (χ0) is 21.3. The summed E-state index contributed by atoms with van der Waals surface area (Å²) in [5, 5.41) is 1.98. The highest BCUT2D eigenvalue weighted by molar-refractivity contribution is 5.90. The number of carbonyl (C=O) groups is 1. The first-order valence-electron chi connectivity index (χ1n) is 9.90. The van der Waals surface area contributed by atoms with E-state index in [9.17, 15) is 4.79 Å². The second kappa shape index (κ2) is 10.5. The van der Waals surface area contributed by atoms with E-state index in [0.717, 1.165) is 24.2 Å². The molecule has 0 fully saturated rings. The second-order valence-corrected chi connectivity index (χ2v) is 8.22. The van der Waals surface area contributed by atoms with Crippen molar-refractivity contribution in [3.8, 4) is 0 Å². The van der Waals surface area contributed by atoms with Crippen LogP contribution >= 0.6 is 0 Å². The first-order chi connectivity index (χ1) is 13.7. The van der Waals surface area contributed by atoms with Crippen LogP contribution < -0.4 is 11.0 Å². The van der Waals surface area contributed by atoms with Gasteiger partial charge in [0.25, 0.3) is 0 Å². The molecular weight excluding hydrogens is 370 g/mol. The molecule has 0 spiro atoms. The van der Waals surface area contributed by atoms with Crippen molar-refractivity contribution in [3.63, 3.8) is 0 Å². The third kappa shape index (κ3) is 8.31. The van der Waals surface area contributed by atoms with Gasteiger partial charge in [0.2, 0.25) is 0 Å². The molecule has 0 amide bonds. The van der Waals surface area contributed by atoms with Crippen LogP contribution in [0.4, 0.5) is 0 Å². The average molecular weight is 404 g/mol. The molecule has 160 valence electrons. The van der Waals surface area contributed by atoms with Crippen molar-refractivity contribution in [1.29, 1.82) is 0 Å². The summed E-state index contributed by atoms with van der Waals surface area (Å²) < 4.78 is 11.8. The van der Waals surface area contributed by atoms with Crippen LogP contribution in [0.3, 0.4) is 0 Å². The summed E-state index contributed by atoms with van der Waals surface area (Å²) in [6.07, 6.45) is 11.8. The van der Waals surface area contributed by atoms with E-state index in [2.05, 4.69) is 34.8 Å². The molecule has 8 nitrogen and oxygen atoms in total. The van der Waals surface area contributed by atoms with Gasteiger partial charge >= 0.3 is 0 Å². The lowest BCUT2D eigenvalue weighted by molar-refractivity contribution is -0.127. The van der Waals surface area contributed by atoms with Crippen LogP contribution in [0.25, 0.3) is 5.70 Å². The van der Waals surface area contributed by atoms with Gasteiger partial charge in [0.15, 0.2) is 5.78 Å². The van der Waals surface area contributed by atoms with E-state index in [0.29, 0.717) is 13.0 Å². The molecule has 0 aromatic carbocycles. The van der Waals surface area contributed by atoms with Crippen molar-refractivity contribution < 1.29 is 14.3 Å². The van der Waals surface area contributed by atoms with Gasteiger partial charge < -0.3 is 14.9 Å². The fourth-order valence-electron chi connectivity index (χ4n) is 2.67. The number of allylic oxidation sites excluding steroid dienone is 1. The molecule has 0 aliphatic carbocycles. The summed E-state index contributed by atoms with van der Waals surface area (Å²) >= 11 is 0. The molecule has 1 aromatic heterocycles. The molecule has 0 unspecified atom stereocenters. The molecule has 0 atom stereocenters. The number of hydrazine groups is 2.